The highest BCUT2D eigenvalue weighted by molar-refractivity contribution is 6.09. The predicted octanol–water partition coefficient (Wildman–Crippen LogP) is 2.36. The zero-order chi connectivity index (χ0) is 16.1. The number of amides is 1. The Kier molecular flexibility index (Phi) is 4.57. The molecule has 0 radical (unpaired) electrons. The van der Waals surface area contributed by atoms with Crippen molar-refractivity contribution in [3.8, 4) is 11.5 Å². The van der Waals surface area contributed by atoms with Gasteiger partial charge < -0.3 is 9.47 Å². The van der Waals surface area contributed by atoms with Gasteiger partial charge >= 0.3 is 0 Å². The van der Waals surface area contributed by atoms with E-state index in [-0.39, 0.29) is 12.5 Å². The first kappa shape index (κ1) is 15.1. The van der Waals surface area contributed by atoms with Gasteiger partial charge in [-0.1, -0.05) is 30.3 Å². The van der Waals surface area contributed by atoms with Crippen LogP contribution < -0.4 is 9.47 Å². The molecule has 1 aliphatic heterocycles. The van der Waals surface area contributed by atoms with Gasteiger partial charge in [0.1, 0.15) is 17.3 Å². The van der Waals surface area contributed by atoms with Crippen LogP contribution >= 0.6 is 0 Å². The minimum Gasteiger partial charge on any atom is -0.497 e. The van der Waals surface area contributed by atoms with Gasteiger partial charge in [0.2, 0.25) is 0 Å². The molecule has 23 heavy (non-hydrogen) atoms. The van der Waals surface area contributed by atoms with Crippen LogP contribution in [-0.2, 0) is 4.79 Å². The van der Waals surface area contributed by atoms with E-state index in [1.54, 1.807) is 36.3 Å². The SMILES string of the molecule is COc1ccc(OCC(=O)N2CCN=C2c2ccccc2)cc1. The topological polar surface area (TPSA) is 51.1 Å². The van der Waals surface area contributed by atoms with Gasteiger partial charge in [-0.3, -0.25) is 14.7 Å². The van der Waals surface area contributed by atoms with Gasteiger partial charge in [0, 0.05) is 12.1 Å². The van der Waals surface area contributed by atoms with Crippen molar-refractivity contribution in [3.05, 3.63) is 60.2 Å². The van der Waals surface area contributed by atoms with Crippen LogP contribution in [0.4, 0.5) is 0 Å². The number of ether oxygens (including phenoxy) is 2. The molecule has 0 saturated heterocycles. The normalized spacial score (nSPS) is 13.6. The van der Waals surface area contributed by atoms with E-state index in [2.05, 4.69) is 4.99 Å². The van der Waals surface area contributed by atoms with Crippen LogP contribution in [0.25, 0.3) is 0 Å². The predicted molar refractivity (Wildman–Crippen MR) is 88.0 cm³/mol. The molecular formula is C18H18N2O3. The number of nitrogens with zero attached hydrogens (tertiary/aromatic N) is 2. The van der Waals surface area contributed by atoms with Crippen molar-refractivity contribution in [1.82, 2.24) is 4.90 Å². The molecule has 1 aliphatic rings. The van der Waals surface area contributed by atoms with E-state index in [4.69, 9.17) is 9.47 Å². The fourth-order valence-corrected chi connectivity index (χ4v) is 2.42. The van der Waals surface area contributed by atoms with E-state index in [1.165, 1.54) is 0 Å². The maximum Gasteiger partial charge on any atom is 0.266 e. The van der Waals surface area contributed by atoms with E-state index >= 15 is 0 Å². The highest BCUT2D eigenvalue weighted by atomic mass is 16.5. The summed E-state index contributed by atoms with van der Waals surface area (Å²) in [7, 11) is 1.61. The van der Waals surface area contributed by atoms with Gasteiger partial charge in [-0.2, -0.15) is 0 Å². The monoisotopic (exact) mass is 310 g/mol. The molecule has 0 aromatic heterocycles. The van der Waals surface area contributed by atoms with E-state index in [0.29, 0.717) is 24.7 Å². The summed E-state index contributed by atoms with van der Waals surface area (Å²) in [5.74, 6) is 2.01. The number of rotatable bonds is 5. The summed E-state index contributed by atoms with van der Waals surface area (Å²) in [6, 6.07) is 16.9. The molecule has 1 heterocycles. The summed E-state index contributed by atoms with van der Waals surface area (Å²) >= 11 is 0. The summed E-state index contributed by atoms with van der Waals surface area (Å²) in [5.41, 5.74) is 0.947. The van der Waals surface area contributed by atoms with E-state index < -0.39 is 0 Å². The van der Waals surface area contributed by atoms with Crippen LogP contribution in [-0.4, -0.2) is 43.4 Å². The van der Waals surface area contributed by atoms with Gasteiger partial charge in [0.25, 0.3) is 5.91 Å². The minimum atomic E-state index is -0.0964. The molecule has 0 spiro atoms. The molecule has 2 aromatic rings. The molecule has 5 heteroatoms. The van der Waals surface area contributed by atoms with Crippen LogP contribution in [0.2, 0.25) is 0 Å². The van der Waals surface area contributed by atoms with Crippen LogP contribution in [0.1, 0.15) is 5.56 Å². The second kappa shape index (κ2) is 6.96. The molecule has 0 aliphatic carbocycles. The van der Waals surface area contributed by atoms with Crippen LogP contribution in [0, 0.1) is 0 Å². The Morgan fingerprint density at radius 1 is 1.09 bits per heavy atom. The lowest BCUT2D eigenvalue weighted by Crippen LogP contribution is -2.38. The third kappa shape index (κ3) is 3.51. The Bertz CT molecular complexity index is 696. The van der Waals surface area contributed by atoms with Crippen LogP contribution in [0.3, 0.4) is 0 Å². The molecule has 118 valence electrons. The van der Waals surface area contributed by atoms with Gasteiger partial charge in [0.05, 0.1) is 13.7 Å². The van der Waals surface area contributed by atoms with Crippen molar-refractivity contribution >= 4 is 11.7 Å². The standard InChI is InChI=1S/C18H18N2O3/c1-22-15-7-9-16(10-8-15)23-13-17(21)20-12-11-19-18(20)14-5-3-2-4-6-14/h2-10H,11-13H2,1H3. The molecule has 0 fully saturated rings. The van der Waals surface area contributed by atoms with Gasteiger partial charge in [-0.05, 0) is 24.3 Å². The number of carbonyl (C=O) groups is 1. The summed E-state index contributed by atoms with van der Waals surface area (Å²) in [5, 5.41) is 0. The van der Waals surface area contributed by atoms with Gasteiger partial charge in [-0.25, -0.2) is 0 Å². The molecule has 0 bridgehead atoms. The number of aliphatic imine (C=N–C) groups is 1. The number of amidine groups is 1. The van der Waals surface area contributed by atoms with E-state index in [0.717, 1.165) is 11.3 Å². The number of benzene rings is 2. The van der Waals surface area contributed by atoms with Gasteiger partial charge in [-0.15, -0.1) is 0 Å². The average molecular weight is 310 g/mol. The van der Waals surface area contributed by atoms with Crippen molar-refractivity contribution in [3.63, 3.8) is 0 Å². The number of carbonyl (C=O) groups excluding carboxylic acids is 1. The van der Waals surface area contributed by atoms with E-state index in [1.807, 2.05) is 30.3 Å². The first-order chi connectivity index (χ1) is 11.3. The van der Waals surface area contributed by atoms with Crippen LogP contribution in [0.5, 0.6) is 11.5 Å². The van der Waals surface area contributed by atoms with Gasteiger partial charge in [0.15, 0.2) is 6.61 Å². The van der Waals surface area contributed by atoms with Crippen molar-refractivity contribution in [2.24, 2.45) is 4.99 Å². The quantitative estimate of drug-likeness (QED) is 0.852. The molecule has 3 rings (SSSR count). The lowest BCUT2D eigenvalue weighted by Gasteiger charge is -2.18. The van der Waals surface area contributed by atoms with E-state index in [9.17, 15) is 4.79 Å². The Labute approximate surface area is 135 Å². The third-order valence-electron chi connectivity index (χ3n) is 3.60. The maximum absolute atomic E-state index is 12.4. The third-order valence-corrected chi connectivity index (χ3v) is 3.60. The number of hydrogen-bond donors (Lipinski definition) is 0. The largest absolute Gasteiger partial charge is 0.497 e. The maximum atomic E-state index is 12.4. The van der Waals surface area contributed by atoms with Crippen molar-refractivity contribution in [2.75, 3.05) is 26.8 Å². The van der Waals surface area contributed by atoms with Crippen molar-refractivity contribution in [2.45, 2.75) is 0 Å². The lowest BCUT2D eigenvalue weighted by atomic mass is 10.2. The summed E-state index contributed by atoms with van der Waals surface area (Å²) in [4.78, 5) is 18.5. The van der Waals surface area contributed by atoms with Crippen LogP contribution in [0.15, 0.2) is 59.6 Å². The van der Waals surface area contributed by atoms with Crippen molar-refractivity contribution < 1.29 is 14.3 Å². The Hall–Kier alpha value is -2.82. The molecule has 2 aromatic carbocycles. The molecule has 5 nitrogen and oxygen atoms in total. The zero-order valence-corrected chi connectivity index (χ0v) is 12.9. The number of methoxy groups -OCH3 is 1. The summed E-state index contributed by atoms with van der Waals surface area (Å²) < 4.78 is 10.7. The fourth-order valence-electron chi connectivity index (χ4n) is 2.42. The highest BCUT2D eigenvalue weighted by Crippen LogP contribution is 2.17. The average Bonchev–Trinajstić information content (AvgIpc) is 3.11. The summed E-state index contributed by atoms with van der Waals surface area (Å²) in [6.07, 6.45) is 0. The fraction of sp³-hybridized carbons (Fsp3) is 0.222. The second-order valence-electron chi connectivity index (χ2n) is 5.08. The first-order valence-corrected chi connectivity index (χ1v) is 7.45. The highest BCUT2D eigenvalue weighted by Gasteiger charge is 2.24. The Morgan fingerprint density at radius 2 is 1.78 bits per heavy atom. The Morgan fingerprint density at radius 3 is 2.48 bits per heavy atom. The van der Waals surface area contributed by atoms with Crippen molar-refractivity contribution in [1.29, 1.82) is 0 Å². The molecular weight excluding hydrogens is 292 g/mol. The molecule has 0 unspecified atom stereocenters. The zero-order valence-electron chi connectivity index (χ0n) is 12.9. The molecule has 0 atom stereocenters. The first-order valence-electron chi connectivity index (χ1n) is 7.45. The lowest BCUT2D eigenvalue weighted by molar-refractivity contribution is -0.129. The summed E-state index contributed by atoms with van der Waals surface area (Å²) in [6.45, 7) is 1.20. The molecule has 0 saturated carbocycles. The second-order valence-corrected chi connectivity index (χ2v) is 5.08. The minimum absolute atomic E-state index is 0.0157. The smallest absolute Gasteiger partial charge is 0.266 e. The Balaban J connectivity index is 1.62. The number of hydrogen-bond acceptors (Lipinski definition) is 4. The molecule has 1 amide bonds. The molecule has 0 N–H and O–H groups in total.